The van der Waals surface area contributed by atoms with Crippen LogP contribution in [-0.4, -0.2) is 34.6 Å². The molecule has 1 fully saturated rings. The van der Waals surface area contributed by atoms with E-state index in [-0.39, 0.29) is 5.91 Å². The largest absolute Gasteiger partial charge is 0.341 e. The number of aromatic nitrogens is 1. The Labute approximate surface area is 156 Å². The molecular weight excluding hydrogens is 360 g/mol. The standard InChI is InChI=1S/C18H21ClN2OS2/c1-12-7-13(2)9-21(8-12)17(22)11-24-18-20-16(10-23-18)14-3-5-15(19)6-4-14/h3-6,10,12-13H,7-9,11H2,1-2H3. The van der Waals surface area contributed by atoms with E-state index in [0.29, 0.717) is 17.6 Å². The Morgan fingerprint density at radius 3 is 2.62 bits per heavy atom. The van der Waals surface area contributed by atoms with Crippen LogP contribution in [0.15, 0.2) is 34.0 Å². The van der Waals surface area contributed by atoms with Crippen LogP contribution < -0.4 is 0 Å². The Morgan fingerprint density at radius 2 is 1.96 bits per heavy atom. The van der Waals surface area contributed by atoms with Crippen molar-refractivity contribution in [2.75, 3.05) is 18.8 Å². The Balaban J connectivity index is 1.57. The Bertz CT molecular complexity index is 691. The molecule has 1 aromatic heterocycles. The number of thiazole rings is 1. The minimum Gasteiger partial charge on any atom is -0.341 e. The lowest BCUT2D eigenvalue weighted by molar-refractivity contribution is -0.130. The molecule has 1 aromatic carbocycles. The third-order valence-corrected chi connectivity index (χ3v) is 6.42. The highest BCUT2D eigenvalue weighted by molar-refractivity contribution is 8.01. The van der Waals surface area contributed by atoms with E-state index >= 15 is 0 Å². The van der Waals surface area contributed by atoms with Crippen molar-refractivity contribution in [1.82, 2.24) is 9.88 Å². The van der Waals surface area contributed by atoms with Gasteiger partial charge in [0.1, 0.15) is 0 Å². The molecule has 6 heteroatoms. The first-order chi connectivity index (χ1) is 11.5. The summed E-state index contributed by atoms with van der Waals surface area (Å²) in [6.07, 6.45) is 1.22. The van der Waals surface area contributed by atoms with Crippen molar-refractivity contribution in [1.29, 1.82) is 0 Å². The molecule has 1 aliphatic rings. The van der Waals surface area contributed by atoms with Gasteiger partial charge in [-0.05, 0) is 30.4 Å². The molecule has 1 aliphatic heterocycles. The summed E-state index contributed by atoms with van der Waals surface area (Å²) in [6, 6.07) is 7.66. The maximum atomic E-state index is 12.4. The highest BCUT2D eigenvalue weighted by atomic mass is 35.5. The second-order valence-electron chi connectivity index (χ2n) is 6.54. The topological polar surface area (TPSA) is 33.2 Å². The van der Waals surface area contributed by atoms with Gasteiger partial charge in [-0.25, -0.2) is 4.98 Å². The van der Waals surface area contributed by atoms with Gasteiger partial charge in [-0.2, -0.15) is 0 Å². The molecule has 24 heavy (non-hydrogen) atoms. The number of likely N-dealkylation sites (tertiary alicyclic amines) is 1. The van der Waals surface area contributed by atoms with Gasteiger partial charge in [-0.1, -0.05) is 49.3 Å². The predicted molar refractivity (Wildman–Crippen MR) is 103 cm³/mol. The number of nitrogens with zero attached hydrogens (tertiary/aromatic N) is 2. The lowest BCUT2D eigenvalue weighted by Gasteiger charge is -2.34. The van der Waals surface area contributed by atoms with Crippen LogP contribution in [-0.2, 0) is 4.79 Å². The quantitative estimate of drug-likeness (QED) is 0.695. The zero-order chi connectivity index (χ0) is 17.1. The number of benzene rings is 1. The summed E-state index contributed by atoms with van der Waals surface area (Å²) < 4.78 is 0.936. The molecule has 0 bridgehead atoms. The maximum Gasteiger partial charge on any atom is 0.233 e. The first-order valence-corrected chi connectivity index (χ1v) is 10.4. The molecule has 0 saturated carbocycles. The molecule has 2 aromatic rings. The van der Waals surface area contributed by atoms with Gasteiger partial charge < -0.3 is 4.90 Å². The van der Waals surface area contributed by atoms with Crippen LogP contribution in [0.4, 0.5) is 0 Å². The first kappa shape index (κ1) is 17.8. The molecule has 0 N–H and O–H groups in total. The zero-order valence-corrected chi connectivity index (χ0v) is 16.3. The van der Waals surface area contributed by atoms with Crippen molar-refractivity contribution in [3.63, 3.8) is 0 Å². The number of halogens is 1. The number of carbonyl (C=O) groups excluding carboxylic acids is 1. The molecule has 1 saturated heterocycles. The fraction of sp³-hybridized carbons (Fsp3) is 0.444. The Morgan fingerprint density at radius 1 is 1.29 bits per heavy atom. The van der Waals surface area contributed by atoms with Gasteiger partial charge in [0.05, 0.1) is 11.4 Å². The third-order valence-electron chi connectivity index (χ3n) is 4.16. The van der Waals surface area contributed by atoms with Crippen molar-refractivity contribution in [2.45, 2.75) is 24.6 Å². The van der Waals surface area contributed by atoms with Crippen LogP contribution in [0, 0.1) is 11.8 Å². The van der Waals surface area contributed by atoms with E-state index in [9.17, 15) is 4.79 Å². The van der Waals surface area contributed by atoms with Gasteiger partial charge in [0.25, 0.3) is 0 Å². The van der Waals surface area contributed by atoms with E-state index in [4.69, 9.17) is 11.6 Å². The first-order valence-electron chi connectivity index (χ1n) is 8.13. The lowest BCUT2D eigenvalue weighted by atomic mass is 9.92. The smallest absolute Gasteiger partial charge is 0.233 e. The molecule has 128 valence electrons. The summed E-state index contributed by atoms with van der Waals surface area (Å²) in [5.41, 5.74) is 1.99. The maximum absolute atomic E-state index is 12.4. The van der Waals surface area contributed by atoms with E-state index in [1.807, 2.05) is 34.5 Å². The molecule has 1 amide bonds. The van der Waals surface area contributed by atoms with Crippen molar-refractivity contribution in [2.24, 2.45) is 11.8 Å². The van der Waals surface area contributed by atoms with Crippen molar-refractivity contribution in [3.05, 3.63) is 34.7 Å². The van der Waals surface area contributed by atoms with Gasteiger partial charge in [-0.3, -0.25) is 4.79 Å². The van der Waals surface area contributed by atoms with Crippen molar-refractivity contribution in [3.8, 4) is 11.3 Å². The van der Waals surface area contributed by atoms with Crippen molar-refractivity contribution < 1.29 is 4.79 Å². The summed E-state index contributed by atoms with van der Waals surface area (Å²) in [7, 11) is 0. The number of hydrogen-bond acceptors (Lipinski definition) is 4. The number of amides is 1. The molecule has 2 atom stereocenters. The molecule has 3 rings (SSSR count). The SMILES string of the molecule is CC1CC(C)CN(C(=O)CSc2nc(-c3ccc(Cl)cc3)cs2)C1. The number of thioether (sulfide) groups is 1. The van der Waals surface area contributed by atoms with Crippen LogP contribution in [0.3, 0.4) is 0 Å². The number of rotatable bonds is 4. The van der Waals surface area contributed by atoms with Crippen LogP contribution >= 0.6 is 34.7 Å². The number of carbonyl (C=O) groups is 1. The molecule has 0 spiro atoms. The van der Waals surface area contributed by atoms with Gasteiger partial charge in [0, 0.05) is 29.1 Å². The third kappa shape index (κ3) is 4.52. The van der Waals surface area contributed by atoms with Gasteiger partial charge >= 0.3 is 0 Å². The van der Waals surface area contributed by atoms with E-state index in [2.05, 4.69) is 18.8 Å². The molecule has 3 nitrogen and oxygen atoms in total. The van der Waals surface area contributed by atoms with Crippen LogP contribution in [0.5, 0.6) is 0 Å². The normalized spacial score (nSPS) is 21.0. The van der Waals surface area contributed by atoms with Crippen LogP contribution in [0.25, 0.3) is 11.3 Å². The predicted octanol–water partition coefficient (Wildman–Crippen LogP) is 5.06. The summed E-state index contributed by atoms with van der Waals surface area (Å²) in [4.78, 5) is 19.1. The fourth-order valence-corrected chi connectivity index (χ4v) is 5.02. The van der Waals surface area contributed by atoms with Crippen molar-refractivity contribution >= 4 is 40.6 Å². The molecule has 2 unspecified atom stereocenters. The zero-order valence-electron chi connectivity index (χ0n) is 13.9. The summed E-state index contributed by atoms with van der Waals surface area (Å²) in [5, 5.41) is 2.75. The highest BCUT2D eigenvalue weighted by Crippen LogP contribution is 2.29. The van der Waals surface area contributed by atoms with Crippen LogP contribution in [0.1, 0.15) is 20.3 Å². The van der Waals surface area contributed by atoms with E-state index in [1.54, 1.807) is 11.3 Å². The van der Waals surface area contributed by atoms with E-state index < -0.39 is 0 Å². The minimum atomic E-state index is 0.224. The second kappa shape index (κ2) is 7.89. The van der Waals surface area contributed by atoms with Gasteiger partial charge in [-0.15, -0.1) is 11.3 Å². The monoisotopic (exact) mass is 380 g/mol. The van der Waals surface area contributed by atoms with E-state index in [0.717, 1.165) is 33.7 Å². The fourth-order valence-electron chi connectivity index (χ4n) is 3.16. The van der Waals surface area contributed by atoms with Gasteiger partial charge in [0.15, 0.2) is 4.34 Å². The average Bonchev–Trinajstić information content (AvgIpc) is 3.01. The Hall–Kier alpha value is -1.04. The molecule has 0 aliphatic carbocycles. The minimum absolute atomic E-state index is 0.224. The van der Waals surface area contributed by atoms with Gasteiger partial charge in [0.2, 0.25) is 5.91 Å². The molecule has 0 radical (unpaired) electrons. The summed E-state index contributed by atoms with van der Waals surface area (Å²) >= 11 is 9.04. The molecule has 2 heterocycles. The van der Waals surface area contributed by atoms with Crippen LogP contribution in [0.2, 0.25) is 5.02 Å². The van der Waals surface area contributed by atoms with E-state index in [1.165, 1.54) is 18.2 Å². The lowest BCUT2D eigenvalue weighted by Crippen LogP contribution is -2.43. The number of piperidine rings is 1. The average molecular weight is 381 g/mol. The Kier molecular flexibility index (Phi) is 5.85. The summed E-state index contributed by atoms with van der Waals surface area (Å²) in [6.45, 7) is 6.22. The summed E-state index contributed by atoms with van der Waals surface area (Å²) in [5.74, 6) is 1.88. The second-order valence-corrected chi connectivity index (χ2v) is 9.06. The number of hydrogen-bond donors (Lipinski definition) is 0. The highest BCUT2D eigenvalue weighted by Gasteiger charge is 2.25. The molecular formula is C18H21ClN2OS2.